The molecule has 0 bridgehead atoms. The molecule has 1 aromatic rings. The lowest BCUT2D eigenvalue weighted by Gasteiger charge is -2.31. The van der Waals surface area contributed by atoms with Crippen LogP contribution in [0.25, 0.3) is 0 Å². The van der Waals surface area contributed by atoms with Gasteiger partial charge in [0.25, 0.3) is 0 Å². The van der Waals surface area contributed by atoms with E-state index in [2.05, 4.69) is 10.6 Å². The van der Waals surface area contributed by atoms with Gasteiger partial charge in [0, 0.05) is 26.5 Å². The van der Waals surface area contributed by atoms with Crippen LogP contribution in [0.1, 0.15) is 37.1 Å². The number of carbonyl (C=O) groups is 4. The van der Waals surface area contributed by atoms with Gasteiger partial charge in [-0.1, -0.05) is 24.3 Å². The summed E-state index contributed by atoms with van der Waals surface area (Å²) >= 11 is 0. The minimum Gasteiger partial charge on any atom is -0.463 e. The van der Waals surface area contributed by atoms with Crippen molar-refractivity contribution in [2.24, 2.45) is 0 Å². The van der Waals surface area contributed by atoms with E-state index in [4.69, 9.17) is 9.47 Å². The van der Waals surface area contributed by atoms with E-state index in [1.54, 1.807) is 52.2 Å². The molecule has 1 aromatic carbocycles. The maximum absolute atomic E-state index is 12.4. The Morgan fingerprint density at radius 2 is 1.12 bits per heavy atom. The highest BCUT2D eigenvalue weighted by molar-refractivity contribution is 5.94. The van der Waals surface area contributed by atoms with Crippen LogP contribution in [-0.4, -0.2) is 61.1 Å². The third-order valence-corrected chi connectivity index (χ3v) is 5.09. The first-order valence-corrected chi connectivity index (χ1v) is 10.2. The second-order valence-electron chi connectivity index (χ2n) is 7.26. The van der Waals surface area contributed by atoms with Crippen LogP contribution in [0.5, 0.6) is 0 Å². The van der Waals surface area contributed by atoms with Crippen LogP contribution < -0.4 is 10.6 Å². The van der Waals surface area contributed by atoms with Crippen LogP contribution in [0.2, 0.25) is 0 Å². The van der Waals surface area contributed by atoms with E-state index >= 15 is 0 Å². The third-order valence-electron chi connectivity index (χ3n) is 5.09. The molecule has 2 aliphatic heterocycles. The van der Waals surface area contributed by atoms with Crippen molar-refractivity contribution in [1.29, 1.82) is 0 Å². The molecule has 0 saturated heterocycles. The van der Waals surface area contributed by atoms with E-state index in [1.165, 1.54) is 22.2 Å². The maximum Gasteiger partial charge on any atom is 0.337 e. The van der Waals surface area contributed by atoms with Gasteiger partial charge in [0.05, 0.1) is 36.4 Å². The molecule has 2 unspecified atom stereocenters. The van der Waals surface area contributed by atoms with Crippen LogP contribution in [0, 0.1) is 0 Å². The van der Waals surface area contributed by atoms with Gasteiger partial charge in [0.15, 0.2) is 0 Å². The Bertz CT molecular complexity index is 906. The van der Waals surface area contributed by atoms with Crippen molar-refractivity contribution >= 4 is 24.0 Å². The lowest BCUT2D eigenvalue weighted by molar-refractivity contribution is -0.140. The maximum atomic E-state index is 12.4. The molecule has 2 aliphatic rings. The number of urea groups is 2. The summed E-state index contributed by atoms with van der Waals surface area (Å²) in [7, 11) is 3.08. The van der Waals surface area contributed by atoms with Crippen LogP contribution in [0.4, 0.5) is 9.59 Å². The Morgan fingerprint density at radius 3 is 1.44 bits per heavy atom. The molecule has 2 heterocycles. The topological polar surface area (TPSA) is 117 Å². The van der Waals surface area contributed by atoms with E-state index in [9.17, 15) is 19.2 Å². The largest absolute Gasteiger partial charge is 0.463 e. The smallest absolute Gasteiger partial charge is 0.337 e. The summed E-state index contributed by atoms with van der Waals surface area (Å²) in [6.07, 6.45) is 2.91. The molecular weight excluding hydrogens is 416 g/mol. The number of esters is 2. The Balaban J connectivity index is 1.92. The van der Waals surface area contributed by atoms with Crippen LogP contribution >= 0.6 is 0 Å². The number of carbonyl (C=O) groups excluding carboxylic acids is 4. The van der Waals surface area contributed by atoms with Crippen molar-refractivity contribution in [3.63, 3.8) is 0 Å². The molecule has 0 radical (unpaired) electrons. The fraction of sp³-hybridized carbons (Fsp3) is 0.364. The van der Waals surface area contributed by atoms with Crippen molar-refractivity contribution in [2.45, 2.75) is 25.9 Å². The van der Waals surface area contributed by atoms with Gasteiger partial charge < -0.3 is 29.9 Å². The molecule has 0 fully saturated rings. The number of benzene rings is 1. The summed E-state index contributed by atoms with van der Waals surface area (Å²) in [6, 6.07) is 4.80. The third kappa shape index (κ3) is 4.58. The van der Waals surface area contributed by atoms with Crippen molar-refractivity contribution < 1.29 is 28.7 Å². The molecule has 170 valence electrons. The van der Waals surface area contributed by atoms with Crippen molar-refractivity contribution in [3.8, 4) is 0 Å². The van der Waals surface area contributed by atoms with E-state index in [1.807, 2.05) is 0 Å². The molecule has 10 nitrogen and oxygen atoms in total. The van der Waals surface area contributed by atoms with Crippen molar-refractivity contribution in [2.75, 3.05) is 27.3 Å². The van der Waals surface area contributed by atoms with Gasteiger partial charge in [-0.25, -0.2) is 19.2 Å². The lowest BCUT2D eigenvalue weighted by Crippen LogP contribution is -2.44. The number of rotatable bonds is 6. The van der Waals surface area contributed by atoms with E-state index in [0.29, 0.717) is 22.3 Å². The highest BCUT2D eigenvalue weighted by atomic mass is 16.5. The van der Waals surface area contributed by atoms with Crippen molar-refractivity contribution in [3.05, 3.63) is 58.9 Å². The van der Waals surface area contributed by atoms with E-state index in [-0.39, 0.29) is 25.3 Å². The number of nitrogens with one attached hydrogen (secondary N) is 2. The predicted molar refractivity (Wildman–Crippen MR) is 114 cm³/mol. The quantitative estimate of drug-likeness (QED) is 0.651. The molecule has 4 amide bonds. The SMILES string of the molecule is CCOC(=O)C1=CN(C)C(=O)NC1c1ccc(C2NC(=O)N(C)C=C2C(=O)OCC)cc1. The van der Waals surface area contributed by atoms with Crippen molar-refractivity contribution in [1.82, 2.24) is 20.4 Å². The van der Waals surface area contributed by atoms with E-state index < -0.39 is 24.0 Å². The second kappa shape index (κ2) is 9.54. The van der Waals surface area contributed by atoms with Gasteiger partial charge in [0.2, 0.25) is 0 Å². The Hall–Kier alpha value is -3.82. The minimum atomic E-state index is -0.695. The van der Waals surface area contributed by atoms with Gasteiger partial charge >= 0.3 is 24.0 Å². The highest BCUT2D eigenvalue weighted by Crippen LogP contribution is 2.31. The Kier molecular flexibility index (Phi) is 6.82. The summed E-state index contributed by atoms with van der Waals surface area (Å²) in [4.78, 5) is 51.7. The Morgan fingerprint density at radius 1 is 0.781 bits per heavy atom. The minimum absolute atomic E-state index is 0.207. The zero-order valence-corrected chi connectivity index (χ0v) is 18.4. The lowest BCUT2D eigenvalue weighted by atomic mass is 9.93. The first-order valence-electron chi connectivity index (χ1n) is 10.2. The normalized spacial score (nSPS) is 20.6. The van der Waals surface area contributed by atoms with Gasteiger partial charge in [-0.05, 0) is 25.0 Å². The zero-order chi connectivity index (χ0) is 23.4. The number of hydrogen-bond acceptors (Lipinski definition) is 6. The molecule has 0 saturated carbocycles. The molecule has 10 heteroatoms. The molecule has 0 aromatic heterocycles. The number of hydrogen-bond donors (Lipinski definition) is 2. The second-order valence-corrected chi connectivity index (χ2v) is 7.26. The molecule has 3 rings (SSSR count). The van der Waals surface area contributed by atoms with Crippen LogP contribution in [-0.2, 0) is 19.1 Å². The number of nitrogens with zero attached hydrogens (tertiary/aromatic N) is 2. The summed E-state index contributed by atoms with van der Waals surface area (Å²) < 4.78 is 10.2. The monoisotopic (exact) mass is 442 g/mol. The zero-order valence-electron chi connectivity index (χ0n) is 18.4. The summed E-state index contributed by atoms with van der Waals surface area (Å²) in [5.41, 5.74) is 1.88. The molecule has 2 N–H and O–H groups in total. The fourth-order valence-electron chi connectivity index (χ4n) is 3.47. The van der Waals surface area contributed by atoms with Gasteiger partial charge in [-0.15, -0.1) is 0 Å². The Labute approximate surface area is 185 Å². The summed E-state index contributed by atoms with van der Waals surface area (Å²) in [6.45, 7) is 3.83. The summed E-state index contributed by atoms with van der Waals surface area (Å²) in [5.74, 6) is -1.05. The summed E-state index contributed by atoms with van der Waals surface area (Å²) in [5, 5.41) is 5.57. The number of amides is 4. The van der Waals surface area contributed by atoms with Gasteiger partial charge in [-0.2, -0.15) is 0 Å². The van der Waals surface area contributed by atoms with E-state index in [0.717, 1.165) is 0 Å². The fourth-order valence-corrected chi connectivity index (χ4v) is 3.47. The molecule has 0 spiro atoms. The standard InChI is InChI=1S/C22H26N4O6/c1-5-31-19(27)15-11-25(3)21(29)23-17(15)13-7-9-14(10-8-13)18-16(20(28)32-6-2)12-26(4)22(30)24-18/h7-12,17-18H,5-6H2,1-4H3,(H,23,29)(H,24,30). The molecule has 32 heavy (non-hydrogen) atoms. The first kappa shape index (κ1) is 22.9. The average Bonchev–Trinajstić information content (AvgIpc) is 2.77. The van der Waals surface area contributed by atoms with Gasteiger partial charge in [-0.3, -0.25) is 0 Å². The highest BCUT2D eigenvalue weighted by Gasteiger charge is 2.33. The first-order chi connectivity index (χ1) is 15.3. The molecule has 2 atom stereocenters. The van der Waals surface area contributed by atoms with Crippen LogP contribution in [0.3, 0.4) is 0 Å². The molecule has 0 aliphatic carbocycles. The molecular formula is C22H26N4O6. The van der Waals surface area contributed by atoms with Crippen LogP contribution in [0.15, 0.2) is 47.8 Å². The van der Waals surface area contributed by atoms with Gasteiger partial charge in [0.1, 0.15) is 0 Å². The predicted octanol–water partition coefficient (Wildman–Crippen LogP) is 1.97. The average molecular weight is 442 g/mol. The number of ether oxygens (including phenoxy) is 2.